The predicted molar refractivity (Wildman–Crippen MR) is 47.6 cm³/mol. The van der Waals surface area contributed by atoms with E-state index >= 15 is 0 Å². The fourth-order valence-corrected chi connectivity index (χ4v) is 1.08. The lowest BCUT2D eigenvalue weighted by molar-refractivity contribution is 0.277. The summed E-state index contributed by atoms with van der Waals surface area (Å²) in [5.74, 6) is 0.672. The highest BCUT2D eigenvalue weighted by atomic mass is 16.3. The lowest BCUT2D eigenvalue weighted by Gasteiger charge is -2.07. The van der Waals surface area contributed by atoms with E-state index in [1.54, 1.807) is 6.33 Å². The predicted octanol–water partition coefficient (Wildman–Crippen LogP) is 1.42. The molecule has 0 saturated carbocycles. The second-order valence-electron chi connectivity index (χ2n) is 3.23. The summed E-state index contributed by atoms with van der Waals surface area (Å²) >= 11 is 0. The zero-order valence-corrected chi connectivity index (χ0v) is 7.70. The fraction of sp³-hybridized carbons (Fsp3) is 0.667. The van der Waals surface area contributed by atoms with Gasteiger partial charge in [-0.3, -0.25) is 0 Å². The average molecular weight is 168 g/mol. The van der Waals surface area contributed by atoms with Crippen LogP contribution in [0, 0.1) is 5.92 Å². The Kier molecular flexibility index (Phi) is 3.29. The molecule has 0 aromatic carbocycles. The summed E-state index contributed by atoms with van der Waals surface area (Å²) in [5, 5.41) is 8.77. The standard InChI is InChI=1S/C9H16N2O/c1-3-8(2)4-11-5-9(6-12)10-7-11/h5,7-8,12H,3-4,6H2,1-2H3. The lowest BCUT2D eigenvalue weighted by Crippen LogP contribution is -2.04. The van der Waals surface area contributed by atoms with Crippen molar-refractivity contribution < 1.29 is 5.11 Å². The van der Waals surface area contributed by atoms with Crippen LogP contribution in [0.4, 0.5) is 0 Å². The molecular weight excluding hydrogens is 152 g/mol. The zero-order valence-electron chi connectivity index (χ0n) is 7.70. The van der Waals surface area contributed by atoms with Gasteiger partial charge in [0.05, 0.1) is 18.6 Å². The van der Waals surface area contributed by atoms with Crippen molar-refractivity contribution in [2.45, 2.75) is 33.4 Å². The van der Waals surface area contributed by atoms with Gasteiger partial charge in [0.25, 0.3) is 0 Å². The highest BCUT2D eigenvalue weighted by molar-refractivity contribution is 4.94. The second kappa shape index (κ2) is 4.26. The second-order valence-corrected chi connectivity index (χ2v) is 3.23. The van der Waals surface area contributed by atoms with Crippen molar-refractivity contribution in [3.05, 3.63) is 18.2 Å². The molecule has 1 atom stereocenters. The van der Waals surface area contributed by atoms with Gasteiger partial charge in [-0.25, -0.2) is 4.98 Å². The van der Waals surface area contributed by atoms with Crippen molar-refractivity contribution in [2.24, 2.45) is 5.92 Å². The molecule has 1 aromatic heterocycles. The Morgan fingerprint density at radius 1 is 1.67 bits per heavy atom. The first kappa shape index (κ1) is 9.26. The maximum absolute atomic E-state index is 8.77. The molecular formula is C9H16N2O. The number of imidazole rings is 1. The summed E-state index contributed by atoms with van der Waals surface area (Å²) < 4.78 is 2.03. The number of hydrogen-bond acceptors (Lipinski definition) is 2. The van der Waals surface area contributed by atoms with Crippen LogP contribution in [-0.4, -0.2) is 14.7 Å². The molecule has 1 aromatic rings. The van der Waals surface area contributed by atoms with E-state index in [-0.39, 0.29) is 6.61 Å². The van der Waals surface area contributed by atoms with Gasteiger partial charge in [0.1, 0.15) is 0 Å². The highest BCUT2D eigenvalue weighted by Crippen LogP contribution is 2.05. The number of hydrogen-bond donors (Lipinski definition) is 1. The Labute approximate surface area is 73.1 Å². The van der Waals surface area contributed by atoms with E-state index in [9.17, 15) is 0 Å². The van der Waals surface area contributed by atoms with Crippen LogP contribution in [0.5, 0.6) is 0 Å². The summed E-state index contributed by atoms with van der Waals surface area (Å²) in [4.78, 5) is 4.03. The van der Waals surface area contributed by atoms with Crippen molar-refractivity contribution in [1.29, 1.82) is 0 Å². The minimum absolute atomic E-state index is 0.0352. The summed E-state index contributed by atoms with van der Waals surface area (Å²) in [5.41, 5.74) is 0.748. The molecule has 0 bridgehead atoms. The van der Waals surface area contributed by atoms with E-state index in [1.807, 2.05) is 10.8 Å². The molecule has 0 spiro atoms. The molecule has 0 aliphatic carbocycles. The van der Waals surface area contributed by atoms with E-state index < -0.39 is 0 Å². The fourth-order valence-electron chi connectivity index (χ4n) is 1.08. The Balaban J connectivity index is 2.52. The highest BCUT2D eigenvalue weighted by Gasteiger charge is 2.01. The lowest BCUT2D eigenvalue weighted by atomic mass is 10.1. The summed E-state index contributed by atoms with van der Waals surface area (Å²) in [6, 6.07) is 0. The smallest absolute Gasteiger partial charge is 0.0950 e. The number of aliphatic hydroxyl groups excluding tert-OH is 1. The van der Waals surface area contributed by atoms with Crippen LogP contribution >= 0.6 is 0 Å². The van der Waals surface area contributed by atoms with E-state index in [1.165, 1.54) is 6.42 Å². The van der Waals surface area contributed by atoms with Crippen molar-refractivity contribution >= 4 is 0 Å². The number of aliphatic hydroxyl groups is 1. The third-order valence-corrected chi connectivity index (χ3v) is 2.07. The summed E-state index contributed by atoms with van der Waals surface area (Å²) in [6.07, 6.45) is 4.84. The zero-order chi connectivity index (χ0) is 8.97. The molecule has 0 aliphatic heterocycles. The first-order valence-corrected chi connectivity index (χ1v) is 4.37. The maximum Gasteiger partial charge on any atom is 0.0950 e. The van der Waals surface area contributed by atoms with Crippen molar-refractivity contribution in [2.75, 3.05) is 0 Å². The van der Waals surface area contributed by atoms with Crippen LogP contribution in [0.1, 0.15) is 26.0 Å². The van der Waals surface area contributed by atoms with Gasteiger partial charge in [0.2, 0.25) is 0 Å². The Morgan fingerprint density at radius 3 is 2.92 bits per heavy atom. The number of nitrogens with zero attached hydrogens (tertiary/aromatic N) is 2. The minimum atomic E-state index is 0.0352. The number of aromatic nitrogens is 2. The minimum Gasteiger partial charge on any atom is -0.390 e. The summed E-state index contributed by atoms with van der Waals surface area (Å²) in [6.45, 7) is 5.41. The topological polar surface area (TPSA) is 38.0 Å². The van der Waals surface area contributed by atoms with E-state index in [2.05, 4.69) is 18.8 Å². The molecule has 0 aliphatic rings. The molecule has 1 rings (SSSR count). The van der Waals surface area contributed by atoms with Gasteiger partial charge in [-0.05, 0) is 5.92 Å². The van der Waals surface area contributed by atoms with E-state index in [4.69, 9.17) is 5.11 Å². The van der Waals surface area contributed by atoms with Crippen LogP contribution in [-0.2, 0) is 13.2 Å². The Hall–Kier alpha value is -0.830. The van der Waals surface area contributed by atoms with Crippen LogP contribution in [0.3, 0.4) is 0 Å². The van der Waals surface area contributed by atoms with Crippen LogP contribution in [0.25, 0.3) is 0 Å². The molecule has 0 saturated heterocycles. The van der Waals surface area contributed by atoms with Crippen molar-refractivity contribution in [1.82, 2.24) is 9.55 Å². The normalized spacial score (nSPS) is 13.2. The quantitative estimate of drug-likeness (QED) is 0.738. The average Bonchev–Trinajstić information content (AvgIpc) is 2.52. The SMILES string of the molecule is CCC(C)Cn1cnc(CO)c1. The molecule has 1 N–H and O–H groups in total. The van der Waals surface area contributed by atoms with Crippen molar-refractivity contribution in [3.8, 4) is 0 Å². The monoisotopic (exact) mass is 168 g/mol. The maximum atomic E-state index is 8.77. The van der Waals surface area contributed by atoms with Gasteiger partial charge in [0.15, 0.2) is 0 Å². The first-order chi connectivity index (χ1) is 5.76. The van der Waals surface area contributed by atoms with Crippen molar-refractivity contribution in [3.63, 3.8) is 0 Å². The third-order valence-electron chi connectivity index (χ3n) is 2.07. The van der Waals surface area contributed by atoms with Gasteiger partial charge in [-0.2, -0.15) is 0 Å². The van der Waals surface area contributed by atoms with Gasteiger partial charge in [-0.1, -0.05) is 20.3 Å². The molecule has 68 valence electrons. The van der Waals surface area contributed by atoms with Crippen LogP contribution in [0.15, 0.2) is 12.5 Å². The molecule has 3 nitrogen and oxygen atoms in total. The molecule has 0 fully saturated rings. The van der Waals surface area contributed by atoms with Crippen LogP contribution < -0.4 is 0 Å². The molecule has 12 heavy (non-hydrogen) atoms. The van der Waals surface area contributed by atoms with Crippen LogP contribution in [0.2, 0.25) is 0 Å². The number of rotatable bonds is 4. The van der Waals surface area contributed by atoms with Gasteiger partial charge >= 0.3 is 0 Å². The first-order valence-electron chi connectivity index (χ1n) is 4.37. The Morgan fingerprint density at radius 2 is 2.42 bits per heavy atom. The Bertz CT molecular complexity index is 232. The van der Waals surface area contributed by atoms with Gasteiger partial charge in [0, 0.05) is 12.7 Å². The van der Waals surface area contributed by atoms with E-state index in [0.717, 1.165) is 12.2 Å². The largest absolute Gasteiger partial charge is 0.390 e. The third kappa shape index (κ3) is 2.34. The molecule has 1 unspecified atom stereocenters. The van der Waals surface area contributed by atoms with Gasteiger partial charge < -0.3 is 9.67 Å². The van der Waals surface area contributed by atoms with Gasteiger partial charge in [-0.15, -0.1) is 0 Å². The molecule has 0 radical (unpaired) electrons. The van der Waals surface area contributed by atoms with E-state index in [0.29, 0.717) is 5.92 Å². The molecule has 0 amide bonds. The summed E-state index contributed by atoms with van der Waals surface area (Å²) in [7, 11) is 0. The molecule has 1 heterocycles. The molecule has 3 heteroatoms.